The van der Waals surface area contributed by atoms with Crippen molar-refractivity contribution in [1.82, 2.24) is 9.88 Å². The Balaban J connectivity index is 3.11. The van der Waals surface area contributed by atoms with Crippen LogP contribution in [-0.4, -0.2) is 40.8 Å². The average Bonchev–Trinajstić information content (AvgIpc) is 3.29. The fourth-order valence-electron chi connectivity index (χ4n) is 4.06. The molecular formula is C27H48N2O3S. The molecule has 0 N–H and O–H groups in total. The molecule has 33 heavy (non-hydrogen) atoms. The Morgan fingerprint density at radius 2 is 1.73 bits per heavy atom. The number of Topliss-reactive ketones (excluding diaryl/α,β-unsaturated/α-hetero) is 1. The summed E-state index contributed by atoms with van der Waals surface area (Å²) in [5.41, 5.74) is 0.547. The third kappa shape index (κ3) is 9.86. The van der Waals surface area contributed by atoms with Crippen LogP contribution in [0.3, 0.4) is 0 Å². The van der Waals surface area contributed by atoms with E-state index in [2.05, 4.69) is 32.6 Å². The largest absolute Gasteiger partial charge is 0.371 e. The summed E-state index contributed by atoms with van der Waals surface area (Å²) in [4.78, 5) is 32.7. The van der Waals surface area contributed by atoms with Gasteiger partial charge in [-0.15, -0.1) is 11.3 Å². The second kappa shape index (κ2) is 16.4. The fourth-order valence-corrected chi connectivity index (χ4v) is 4.93. The van der Waals surface area contributed by atoms with Crippen LogP contribution < -0.4 is 0 Å². The minimum atomic E-state index is -0.206. The molecule has 0 aliphatic rings. The highest BCUT2D eigenvalue weighted by Crippen LogP contribution is 2.31. The minimum Gasteiger partial charge on any atom is -0.371 e. The second-order valence-electron chi connectivity index (χ2n) is 9.49. The molecule has 1 amide bonds. The summed E-state index contributed by atoms with van der Waals surface area (Å²) in [6, 6.07) is 0.0881. The van der Waals surface area contributed by atoms with Crippen LogP contribution in [0.4, 0.5) is 0 Å². The van der Waals surface area contributed by atoms with Gasteiger partial charge in [-0.25, -0.2) is 4.98 Å². The topological polar surface area (TPSA) is 59.5 Å². The quantitative estimate of drug-likeness (QED) is 0.162. The lowest BCUT2D eigenvalue weighted by atomic mass is 9.95. The minimum absolute atomic E-state index is 0.0243. The van der Waals surface area contributed by atoms with Gasteiger partial charge in [-0.1, -0.05) is 67.2 Å². The summed E-state index contributed by atoms with van der Waals surface area (Å²) in [5.74, 6) is 0.645. The maximum Gasteiger partial charge on any atom is 0.222 e. The van der Waals surface area contributed by atoms with E-state index in [-0.39, 0.29) is 29.8 Å². The van der Waals surface area contributed by atoms with E-state index in [1.807, 2.05) is 26.2 Å². The zero-order valence-electron chi connectivity index (χ0n) is 22.2. The van der Waals surface area contributed by atoms with E-state index < -0.39 is 0 Å². The van der Waals surface area contributed by atoms with E-state index >= 15 is 0 Å². The summed E-state index contributed by atoms with van der Waals surface area (Å²) in [5, 5.41) is 2.72. The van der Waals surface area contributed by atoms with E-state index in [1.54, 1.807) is 0 Å². The number of rotatable bonds is 18. The van der Waals surface area contributed by atoms with E-state index in [1.165, 1.54) is 24.2 Å². The Morgan fingerprint density at radius 3 is 2.30 bits per heavy atom. The Bertz CT molecular complexity index is 689. The van der Waals surface area contributed by atoms with Crippen molar-refractivity contribution in [3.63, 3.8) is 0 Å². The van der Waals surface area contributed by atoms with Crippen molar-refractivity contribution in [2.24, 2.45) is 11.8 Å². The van der Waals surface area contributed by atoms with E-state index in [9.17, 15) is 9.59 Å². The first kappa shape index (κ1) is 29.8. The van der Waals surface area contributed by atoms with Crippen LogP contribution in [0.15, 0.2) is 5.38 Å². The summed E-state index contributed by atoms with van der Waals surface area (Å²) in [6.07, 6.45) is 8.46. The highest BCUT2D eigenvalue weighted by molar-refractivity contribution is 7.09. The third-order valence-corrected chi connectivity index (χ3v) is 7.36. The van der Waals surface area contributed by atoms with Gasteiger partial charge in [0.1, 0.15) is 16.8 Å². The molecule has 0 radical (unpaired) electrons. The number of aromatic nitrogens is 1. The van der Waals surface area contributed by atoms with Crippen molar-refractivity contribution in [3.8, 4) is 0 Å². The van der Waals surface area contributed by atoms with Crippen LogP contribution in [0.25, 0.3) is 0 Å². The van der Waals surface area contributed by atoms with Gasteiger partial charge in [0, 0.05) is 43.3 Å². The maximum atomic E-state index is 13.2. The lowest BCUT2D eigenvalue weighted by Crippen LogP contribution is -2.45. The lowest BCUT2D eigenvalue weighted by Gasteiger charge is -2.36. The maximum absolute atomic E-state index is 13.2. The van der Waals surface area contributed by atoms with E-state index in [4.69, 9.17) is 9.72 Å². The van der Waals surface area contributed by atoms with Gasteiger partial charge in [0.25, 0.3) is 0 Å². The van der Waals surface area contributed by atoms with Gasteiger partial charge in [-0.3, -0.25) is 9.59 Å². The van der Waals surface area contributed by atoms with Crippen LogP contribution in [0.5, 0.6) is 0 Å². The summed E-state index contributed by atoms with van der Waals surface area (Å²) in [7, 11) is 0. The molecule has 0 aliphatic carbocycles. The average molecular weight is 481 g/mol. The first-order chi connectivity index (χ1) is 15.8. The summed E-state index contributed by atoms with van der Waals surface area (Å²) >= 11 is 1.51. The first-order valence-corrected chi connectivity index (χ1v) is 14.1. The van der Waals surface area contributed by atoms with Crippen molar-refractivity contribution in [3.05, 3.63) is 16.1 Å². The van der Waals surface area contributed by atoms with Crippen LogP contribution in [-0.2, 0) is 9.53 Å². The molecular weight excluding hydrogens is 432 g/mol. The fraction of sp³-hybridized carbons (Fsp3) is 0.815. The Labute approximate surface area is 206 Å². The number of hydrogen-bond donors (Lipinski definition) is 0. The number of thiazole rings is 1. The van der Waals surface area contributed by atoms with Crippen LogP contribution in [0.2, 0.25) is 0 Å². The number of ketones is 1. The molecule has 190 valence electrons. The SMILES string of the molecule is CCCCCCN(C(=O)CCCC)C(CC(OCC)c1nc(C(=O)C(C)CC)cs1)C(C)C. The molecule has 0 aliphatic heterocycles. The lowest BCUT2D eigenvalue weighted by molar-refractivity contribution is -0.135. The first-order valence-electron chi connectivity index (χ1n) is 13.2. The molecule has 0 bridgehead atoms. The standard InChI is InChI=1S/C27H48N2O3S/c1-8-12-14-15-17-29(25(30)16-13-9-2)23(20(5)6)18-24(32-11-4)27-28-22(19-33-27)26(31)21(7)10-3/h19-21,23-24H,8-18H2,1-7H3. The van der Waals surface area contributed by atoms with Gasteiger partial charge in [0.2, 0.25) is 5.91 Å². The van der Waals surface area contributed by atoms with Gasteiger partial charge in [-0.05, 0) is 32.1 Å². The zero-order chi connectivity index (χ0) is 24.8. The highest BCUT2D eigenvalue weighted by Gasteiger charge is 2.31. The third-order valence-electron chi connectivity index (χ3n) is 6.42. The van der Waals surface area contributed by atoms with Gasteiger partial charge in [0.15, 0.2) is 5.78 Å². The van der Waals surface area contributed by atoms with Crippen molar-refractivity contribution >= 4 is 23.0 Å². The molecule has 3 atom stereocenters. The van der Waals surface area contributed by atoms with Crippen molar-refractivity contribution < 1.29 is 14.3 Å². The van der Waals surface area contributed by atoms with Gasteiger partial charge >= 0.3 is 0 Å². The molecule has 0 spiro atoms. The molecule has 1 heterocycles. The number of ether oxygens (including phenoxy) is 1. The van der Waals surface area contributed by atoms with Crippen molar-refractivity contribution in [2.75, 3.05) is 13.2 Å². The molecule has 6 heteroatoms. The molecule has 3 unspecified atom stereocenters. The highest BCUT2D eigenvalue weighted by atomic mass is 32.1. The summed E-state index contributed by atoms with van der Waals surface area (Å²) < 4.78 is 6.14. The molecule has 1 rings (SSSR count). The van der Waals surface area contributed by atoms with Gasteiger partial charge in [0.05, 0.1) is 0 Å². The number of nitrogens with zero attached hydrogens (tertiary/aromatic N) is 2. The molecule has 1 aromatic rings. The second-order valence-corrected chi connectivity index (χ2v) is 10.4. The molecule has 0 aromatic carbocycles. The number of hydrogen-bond acceptors (Lipinski definition) is 5. The monoisotopic (exact) mass is 480 g/mol. The Hall–Kier alpha value is -1.27. The summed E-state index contributed by atoms with van der Waals surface area (Å²) in [6.45, 7) is 16.1. The van der Waals surface area contributed by atoms with Crippen molar-refractivity contribution in [2.45, 2.75) is 118 Å². The number of carbonyl (C=O) groups is 2. The Kier molecular flexibility index (Phi) is 14.8. The van der Waals surface area contributed by atoms with Crippen LogP contribution in [0, 0.1) is 11.8 Å². The number of amides is 1. The molecule has 0 saturated heterocycles. The van der Waals surface area contributed by atoms with Crippen molar-refractivity contribution in [1.29, 1.82) is 0 Å². The molecule has 0 saturated carbocycles. The predicted octanol–water partition coefficient (Wildman–Crippen LogP) is 7.46. The van der Waals surface area contributed by atoms with Gasteiger partial charge in [-0.2, -0.15) is 0 Å². The number of carbonyl (C=O) groups excluding carboxylic acids is 2. The molecule has 5 nitrogen and oxygen atoms in total. The molecule has 0 fully saturated rings. The van der Waals surface area contributed by atoms with E-state index in [0.29, 0.717) is 31.1 Å². The molecule has 1 aromatic heterocycles. The van der Waals surface area contributed by atoms with Crippen LogP contribution >= 0.6 is 11.3 Å². The Morgan fingerprint density at radius 1 is 1.03 bits per heavy atom. The van der Waals surface area contributed by atoms with Crippen LogP contribution in [0.1, 0.15) is 128 Å². The van der Waals surface area contributed by atoms with E-state index in [0.717, 1.165) is 43.7 Å². The number of unbranched alkanes of at least 4 members (excludes halogenated alkanes) is 4. The van der Waals surface area contributed by atoms with Gasteiger partial charge < -0.3 is 9.64 Å². The normalized spacial score (nSPS) is 14.3. The smallest absolute Gasteiger partial charge is 0.222 e. The zero-order valence-corrected chi connectivity index (χ0v) is 23.0. The predicted molar refractivity (Wildman–Crippen MR) is 139 cm³/mol.